The summed E-state index contributed by atoms with van der Waals surface area (Å²) in [6, 6.07) is 0. The highest BCUT2D eigenvalue weighted by Crippen LogP contribution is 2.19. The van der Waals surface area contributed by atoms with E-state index < -0.39 is 0 Å². The third-order valence-corrected chi connectivity index (χ3v) is 3.58. The molecule has 10 heavy (non-hydrogen) atoms. The van der Waals surface area contributed by atoms with Gasteiger partial charge < -0.3 is 4.74 Å². The zero-order chi connectivity index (χ0) is 8.15. The Morgan fingerprint density at radius 3 is 2.30 bits per heavy atom. The molecular formula is C6H8I2O2. The highest BCUT2D eigenvalue weighted by Gasteiger charge is 2.07. The van der Waals surface area contributed by atoms with E-state index in [4.69, 9.17) is 4.74 Å². The summed E-state index contributed by atoms with van der Waals surface area (Å²) in [6.45, 7) is 4.11. The Morgan fingerprint density at radius 1 is 1.50 bits per heavy atom. The molecule has 0 aromatic rings. The lowest BCUT2D eigenvalue weighted by Crippen LogP contribution is -2.03. The molecular weight excluding hydrogens is 358 g/mol. The van der Waals surface area contributed by atoms with E-state index in [1.807, 2.05) is 29.5 Å². The van der Waals surface area contributed by atoms with Crippen LogP contribution in [0.5, 0.6) is 0 Å². The molecule has 0 amide bonds. The van der Waals surface area contributed by atoms with E-state index in [1.54, 1.807) is 6.92 Å². The van der Waals surface area contributed by atoms with Gasteiger partial charge in [-0.25, -0.2) is 4.79 Å². The van der Waals surface area contributed by atoms with Crippen molar-refractivity contribution in [3.8, 4) is 0 Å². The van der Waals surface area contributed by atoms with E-state index in [1.165, 1.54) is 0 Å². The maximum absolute atomic E-state index is 10.9. The van der Waals surface area contributed by atoms with Gasteiger partial charge in [0.1, 0.15) is 3.58 Å². The zero-order valence-corrected chi connectivity index (χ0v) is 10.1. The van der Waals surface area contributed by atoms with Crippen LogP contribution in [0.25, 0.3) is 0 Å². The van der Waals surface area contributed by atoms with Crippen LogP contribution in [-0.4, -0.2) is 12.6 Å². The van der Waals surface area contributed by atoms with Gasteiger partial charge in [-0.05, 0) is 59.0 Å². The molecule has 0 rings (SSSR count). The first-order valence-electron chi connectivity index (χ1n) is 2.78. The van der Waals surface area contributed by atoms with Crippen LogP contribution in [0, 0.1) is 0 Å². The molecule has 0 aliphatic heterocycles. The quantitative estimate of drug-likeness (QED) is 0.427. The number of carbonyl (C=O) groups excluding carboxylic acids is 1. The molecule has 0 atom stereocenters. The largest absolute Gasteiger partial charge is 0.462 e. The molecule has 4 heteroatoms. The molecule has 2 nitrogen and oxygen atoms in total. The van der Waals surface area contributed by atoms with Crippen molar-refractivity contribution in [1.82, 2.24) is 0 Å². The zero-order valence-electron chi connectivity index (χ0n) is 5.78. The molecule has 0 aliphatic carbocycles. The number of rotatable bonds is 2. The Hall–Kier alpha value is 0.670. The van der Waals surface area contributed by atoms with Crippen molar-refractivity contribution in [3.05, 3.63) is 7.16 Å². The van der Waals surface area contributed by atoms with Crippen LogP contribution in [0.4, 0.5) is 0 Å². The van der Waals surface area contributed by atoms with Gasteiger partial charge in [0.15, 0.2) is 0 Å². The van der Waals surface area contributed by atoms with E-state index in [2.05, 4.69) is 22.6 Å². The molecule has 58 valence electrons. The Balaban J connectivity index is 4.09. The molecule has 0 heterocycles. The smallest absolute Gasteiger partial charge is 0.345 e. The van der Waals surface area contributed by atoms with Crippen molar-refractivity contribution in [1.29, 1.82) is 0 Å². The summed E-state index contributed by atoms with van der Waals surface area (Å²) in [7, 11) is 0. The minimum atomic E-state index is -0.227. The molecule has 0 aromatic heterocycles. The van der Waals surface area contributed by atoms with Gasteiger partial charge in [0.2, 0.25) is 0 Å². The second-order valence-corrected chi connectivity index (χ2v) is 4.26. The molecule has 0 saturated carbocycles. The summed E-state index contributed by atoms with van der Waals surface area (Å²) < 4.78 is 6.39. The van der Waals surface area contributed by atoms with Crippen molar-refractivity contribution in [2.24, 2.45) is 0 Å². The summed E-state index contributed by atoms with van der Waals surface area (Å²) in [6.07, 6.45) is 0. The predicted octanol–water partition coefficient (Wildman–Crippen LogP) is 2.65. The lowest BCUT2D eigenvalue weighted by molar-refractivity contribution is -0.137. The van der Waals surface area contributed by atoms with Gasteiger partial charge in [0.05, 0.1) is 6.61 Å². The van der Waals surface area contributed by atoms with Crippen LogP contribution in [0.3, 0.4) is 0 Å². The topological polar surface area (TPSA) is 26.3 Å². The van der Waals surface area contributed by atoms with Gasteiger partial charge in [0, 0.05) is 3.58 Å². The van der Waals surface area contributed by atoms with Crippen LogP contribution in [0.15, 0.2) is 7.16 Å². The van der Waals surface area contributed by atoms with Crippen LogP contribution >= 0.6 is 45.2 Å². The van der Waals surface area contributed by atoms with E-state index in [0.717, 1.165) is 3.58 Å². The summed E-state index contributed by atoms with van der Waals surface area (Å²) in [5.41, 5.74) is 0. The Bertz CT molecular complexity index is 159. The van der Waals surface area contributed by atoms with Gasteiger partial charge >= 0.3 is 5.97 Å². The minimum Gasteiger partial charge on any atom is -0.462 e. The standard InChI is InChI=1S/C6H8I2O2/c1-3-10-6(9)5(8)4(2)7/h3H2,1-2H3/b5-4+. The summed E-state index contributed by atoms with van der Waals surface area (Å²) in [5, 5.41) is 0. The van der Waals surface area contributed by atoms with Gasteiger partial charge in [-0.1, -0.05) is 0 Å². The third kappa shape index (κ3) is 3.75. The second-order valence-electron chi connectivity index (χ2n) is 1.57. The fourth-order valence-electron chi connectivity index (χ4n) is 0.335. The molecule has 0 unspecified atom stereocenters. The number of hydrogen-bond donors (Lipinski definition) is 0. The number of carbonyl (C=O) groups is 1. The van der Waals surface area contributed by atoms with E-state index >= 15 is 0 Å². The SMILES string of the molecule is CCOC(=O)/C(I)=C(/C)I. The lowest BCUT2D eigenvalue weighted by atomic mass is 10.5. The monoisotopic (exact) mass is 366 g/mol. The van der Waals surface area contributed by atoms with E-state index in [0.29, 0.717) is 10.2 Å². The van der Waals surface area contributed by atoms with Crippen molar-refractivity contribution < 1.29 is 9.53 Å². The highest BCUT2D eigenvalue weighted by atomic mass is 127. The van der Waals surface area contributed by atoms with Crippen LogP contribution in [-0.2, 0) is 9.53 Å². The van der Waals surface area contributed by atoms with Gasteiger partial charge in [-0.3, -0.25) is 0 Å². The normalized spacial score (nSPS) is 12.4. The fourth-order valence-corrected chi connectivity index (χ4v) is 0.711. The van der Waals surface area contributed by atoms with Crippen molar-refractivity contribution >= 4 is 51.2 Å². The molecule has 0 saturated heterocycles. The molecule has 0 spiro atoms. The number of esters is 1. The third-order valence-electron chi connectivity index (χ3n) is 0.757. The van der Waals surface area contributed by atoms with E-state index in [-0.39, 0.29) is 5.97 Å². The Morgan fingerprint density at radius 2 is 2.00 bits per heavy atom. The maximum atomic E-state index is 10.9. The predicted molar refractivity (Wildman–Crippen MR) is 57.4 cm³/mol. The first-order chi connectivity index (χ1) is 4.59. The first kappa shape index (κ1) is 10.7. The van der Waals surface area contributed by atoms with Crippen molar-refractivity contribution in [3.63, 3.8) is 0 Å². The molecule has 0 bridgehead atoms. The lowest BCUT2D eigenvalue weighted by Gasteiger charge is -1.99. The van der Waals surface area contributed by atoms with Crippen LogP contribution in [0.2, 0.25) is 0 Å². The average molecular weight is 366 g/mol. The number of ether oxygens (including phenoxy) is 1. The molecule has 0 aliphatic rings. The Kier molecular flexibility index (Phi) is 5.69. The van der Waals surface area contributed by atoms with Crippen molar-refractivity contribution in [2.45, 2.75) is 13.8 Å². The van der Waals surface area contributed by atoms with Gasteiger partial charge in [0.25, 0.3) is 0 Å². The molecule has 0 fully saturated rings. The van der Waals surface area contributed by atoms with E-state index in [9.17, 15) is 4.79 Å². The fraction of sp³-hybridized carbons (Fsp3) is 0.500. The van der Waals surface area contributed by atoms with Gasteiger partial charge in [-0.15, -0.1) is 0 Å². The molecule has 0 aromatic carbocycles. The van der Waals surface area contributed by atoms with Crippen LogP contribution in [0.1, 0.15) is 13.8 Å². The molecule has 0 radical (unpaired) electrons. The maximum Gasteiger partial charge on any atom is 0.345 e. The van der Waals surface area contributed by atoms with Gasteiger partial charge in [-0.2, -0.15) is 0 Å². The highest BCUT2D eigenvalue weighted by molar-refractivity contribution is 14.1. The summed E-state index contributed by atoms with van der Waals surface area (Å²) >= 11 is 4.07. The van der Waals surface area contributed by atoms with Crippen molar-refractivity contribution in [2.75, 3.05) is 6.61 Å². The summed E-state index contributed by atoms with van der Waals surface area (Å²) in [4.78, 5) is 10.9. The first-order valence-corrected chi connectivity index (χ1v) is 4.94. The average Bonchev–Trinajstić information content (AvgIpc) is 1.87. The minimum absolute atomic E-state index is 0.227. The Labute approximate surface area is 87.7 Å². The number of halogens is 2. The number of allylic oxidation sites excluding steroid dienone is 1. The number of hydrogen-bond acceptors (Lipinski definition) is 2. The summed E-state index contributed by atoms with van der Waals surface area (Å²) in [5.74, 6) is -0.227. The molecule has 0 N–H and O–H groups in total. The van der Waals surface area contributed by atoms with Crippen LogP contribution < -0.4 is 0 Å². The second kappa shape index (κ2) is 5.34.